The van der Waals surface area contributed by atoms with Crippen molar-refractivity contribution in [1.82, 2.24) is 21.3 Å². The maximum Gasteiger partial charge on any atom is 0.254 e. The highest BCUT2D eigenvalue weighted by molar-refractivity contribution is 5.95. The van der Waals surface area contributed by atoms with Crippen LogP contribution >= 0.6 is 0 Å². The van der Waals surface area contributed by atoms with E-state index in [1.165, 1.54) is 44.2 Å². The maximum absolute atomic E-state index is 14.0. The summed E-state index contributed by atoms with van der Waals surface area (Å²) in [7, 11) is 0. The van der Waals surface area contributed by atoms with Crippen LogP contribution in [0.2, 0.25) is 0 Å². The van der Waals surface area contributed by atoms with Crippen molar-refractivity contribution in [3.05, 3.63) is 59.7 Å². The van der Waals surface area contributed by atoms with Gasteiger partial charge in [-0.2, -0.15) is 0 Å². The lowest BCUT2D eigenvalue weighted by molar-refractivity contribution is -0.125. The van der Waals surface area contributed by atoms with Gasteiger partial charge in [0.15, 0.2) is 0 Å². The number of carbonyl (C=O) groups excluding carboxylic acids is 4. The van der Waals surface area contributed by atoms with E-state index >= 15 is 0 Å². The van der Waals surface area contributed by atoms with Gasteiger partial charge in [0.2, 0.25) is 17.7 Å². The van der Waals surface area contributed by atoms with Gasteiger partial charge in [-0.1, -0.05) is 24.3 Å². The first-order valence-corrected chi connectivity index (χ1v) is 10.9. The lowest BCUT2D eigenvalue weighted by Crippen LogP contribution is -2.40. The Morgan fingerprint density at radius 1 is 0.800 bits per heavy atom. The number of benzene rings is 2. The number of nitrogens with one attached hydrogen (secondary N) is 4. The third-order valence-electron chi connectivity index (χ3n) is 4.18. The van der Waals surface area contributed by atoms with E-state index in [4.69, 9.17) is 0 Å². The average Bonchev–Trinajstić information content (AvgIpc) is 2.74. The largest absolute Gasteiger partial charge is 0.353 e. The van der Waals surface area contributed by atoms with Crippen molar-refractivity contribution in [3.63, 3.8) is 0 Å². The van der Waals surface area contributed by atoms with Crippen LogP contribution in [0, 0.1) is 11.6 Å². The molecule has 10 heteroatoms. The molecular formula is C25H32F2N4O4. The van der Waals surface area contributed by atoms with Crippen LogP contribution in [-0.2, 0) is 14.4 Å². The summed E-state index contributed by atoms with van der Waals surface area (Å²) >= 11 is 0. The molecular weight excluding hydrogens is 458 g/mol. The average molecular weight is 491 g/mol. The van der Waals surface area contributed by atoms with Crippen molar-refractivity contribution in [3.8, 4) is 11.1 Å². The normalized spacial score (nSPS) is 10.4. The number of halogens is 2. The topological polar surface area (TPSA) is 116 Å². The predicted octanol–water partition coefficient (Wildman–Crippen LogP) is 2.53. The Kier molecular flexibility index (Phi) is 11.5. The highest BCUT2D eigenvalue weighted by Crippen LogP contribution is 2.24. The summed E-state index contributed by atoms with van der Waals surface area (Å²) in [5, 5.41) is 10.1. The Balaban J connectivity index is 0.000000658. The van der Waals surface area contributed by atoms with Crippen LogP contribution in [-0.4, -0.2) is 48.8 Å². The molecule has 0 saturated heterocycles. The Bertz CT molecular complexity index is 1050. The molecule has 0 aliphatic rings. The Labute approximate surface area is 203 Å². The van der Waals surface area contributed by atoms with Crippen LogP contribution in [0.1, 0.15) is 45.0 Å². The van der Waals surface area contributed by atoms with Crippen molar-refractivity contribution >= 4 is 23.6 Å². The molecule has 0 aromatic heterocycles. The van der Waals surface area contributed by atoms with Crippen molar-refractivity contribution in [1.29, 1.82) is 0 Å². The number of rotatable bonds is 7. The Hall–Kier alpha value is -3.82. The van der Waals surface area contributed by atoms with E-state index < -0.39 is 23.4 Å². The molecule has 0 spiro atoms. The molecule has 0 bridgehead atoms. The fraction of sp³-hybridized carbons (Fsp3) is 0.360. The molecule has 0 saturated carbocycles. The third kappa shape index (κ3) is 11.7. The quantitative estimate of drug-likeness (QED) is 0.447. The predicted molar refractivity (Wildman–Crippen MR) is 129 cm³/mol. The van der Waals surface area contributed by atoms with Gasteiger partial charge in [-0.05, 0) is 44.5 Å². The van der Waals surface area contributed by atoms with Crippen LogP contribution in [0.4, 0.5) is 8.78 Å². The monoisotopic (exact) mass is 490 g/mol. The molecule has 4 N–H and O–H groups in total. The zero-order valence-electron chi connectivity index (χ0n) is 20.6. The minimum atomic E-state index is -0.734. The molecule has 0 aliphatic carbocycles. The van der Waals surface area contributed by atoms with Gasteiger partial charge in [-0.15, -0.1) is 0 Å². The fourth-order valence-electron chi connectivity index (χ4n) is 2.83. The molecule has 2 aromatic carbocycles. The van der Waals surface area contributed by atoms with Gasteiger partial charge in [-0.25, -0.2) is 8.78 Å². The highest BCUT2D eigenvalue weighted by atomic mass is 19.1. The van der Waals surface area contributed by atoms with Gasteiger partial charge in [0.05, 0.1) is 12.1 Å². The number of carbonyl (C=O) groups is 4. The summed E-state index contributed by atoms with van der Waals surface area (Å²) in [5.41, 5.74) is 0.339. The van der Waals surface area contributed by atoms with Crippen LogP contribution in [0.5, 0.6) is 0 Å². The lowest BCUT2D eigenvalue weighted by Gasteiger charge is -2.18. The molecule has 0 heterocycles. The molecule has 0 unspecified atom stereocenters. The first-order valence-electron chi connectivity index (χ1n) is 10.9. The van der Waals surface area contributed by atoms with E-state index in [1.807, 2.05) is 20.8 Å². The number of hydrogen-bond donors (Lipinski definition) is 4. The second kappa shape index (κ2) is 13.8. The van der Waals surface area contributed by atoms with Gasteiger partial charge in [0.1, 0.15) is 11.6 Å². The molecule has 8 nitrogen and oxygen atoms in total. The van der Waals surface area contributed by atoms with Crippen molar-refractivity contribution in [2.24, 2.45) is 0 Å². The summed E-state index contributed by atoms with van der Waals surface area (Å²) in [5.74, 6) is -2.60. The van der Waals surface area contributed by atoms with Crippen LogP contribution in [0.3, 0.4) is 0 Å². The molecule has 0 radical (unpaired) electrons. The van der Waals surface area contributed by atoms with Crippen LogP contribution < -0.4 is 21.3 Å². The molecule has 0 aliphatic heterocycles. The smallest absolute Gasteiger partial charge is 0.254 e. The highest BCUT2D eigenvalue weighted by Gasteiger charge is 2.14. The summed E-state index contributed by atoms with van der Waals surface area (Å²) in [6, 6.07) is 9.77. The molecule has 190 valence electrons. The van der Waals surface area contributed by atoms with E-state index in [2.05, 4.69) is 21.3 Å². The molecule has 0 fully saturated rings. The molecule has 2 rings (SSSR count). The maximum atomic E-state index is 14.0. The van der Waals surface area contributed by atoms with Crippen molar-refractivity contribution in [2.45, 2.75) is 40.2 Å². The van der Waals surface area contributed by atoms with Crippen LogP contribution in [0.25, 0.3) is 11.1 Å². The van der Waals surface area contributed by atoms with Gasteiger partial charge >= 0.3 is 0 Å². The van der Waals surface area contributed by atoms with E-state index in [9.17, 15) is 28.0 Å². The molecule has 35 heavy (non-hydrogen) atoms. The summed E-state index contributed by atoms with van der Waals surface area (Å²) < 4.78 is 27.9. The minimum absolute atomic E-state index is 0.0255. The van der Waals surface area contributed by atoms with Crippen molar-refractivity contribution in [2.75, 3.05) is 19.6 Å². The van der Waals surface area contributed by atoms with E-state index in [-0.39, 0.29) is 48.1 Å². The zero-order valence-corrected chi connectivity index (χ0v) is 20.6. The lowest BCUT2D eigenvalue weighted by atomic mass is 10.0. The second-order valence-corrected chi connectivity index (χ2v) is 8.62. The SMILES string of the molecule is CC(=O)NC(C)(C)C.CC(=O)NCC(=O)NCCNC(=O)c1cc(-c2ccccc2F)ccc1F. The second-order valence-electron chi connectivity index (χ2n) is 8.62. The van der Waals surface area contributed by atoms with Gasteiger partial charge < -0.3 is 21.3 Å². The molecule has 0 atom stereocenters. The van der Waals surface area contributed by atoms with Gasteiger partial charge in [-0.3, -0.25) is 19.2 Å². The zero-order chi connectivity index (χ0) is 26.6. The first kappa shape index (κ1) is 29.2. The molecule has 4 amide bonds. The van der Waals surface area contributed by atoms with Gasteiger partial charge in [0.25, 0.3) is 5.91 Å². The number of amides is 4. The van der Waals surface area contributed by atoms with E-state index in [0.717, 1.165) is 6.07 Å². The third-order valence-corrected chi connectivity index (χ3v) is 4.18. The Morgan fingerprint density at radius 2 is 1.43 bits per heavy atom. The van der Waals surface area contributed by atoms with Crippen molar-refractivity contribution < 1.29 is 28.0 Å². The first-order chi connectivity index (χ1) is 16.3. The summed E-state index contributed by atoms with van der Waals surface area (Å²) in [6.07, 6.45) is 0. The fourth-order valence-corrected chi connectivity index (χ4v) is 2.83. The van der Waals surface area contributed by atoms with Gasteiger partial charge in [0, 0.05) is 38.0 Å². The minimum Gasteiger partial charge on any atom is -0.353 e. The number of hydrogen-bond acceptors (Lipinski definition) is 4. The van der Waals surface area contributed by atoms with E-state index in [0.29, 0.717) is 5.56 Å². The van der Waals surface area contributed by atoms with E-state index in [1.54, 1.807) is 6.07 Å². The molecule has 2 aromatic rings. The van der Waals surface area contributed by atoms with Crippen LogP contribution in [0.15, 0.2) is 42.5 Å². The summed E-state index contributed by atoms with van der Waals surface area (Å²) in [4.78, 5) is 44.6. The standard InChI is InChI=1S/C19H19F2N3O3.C6H13NO/c1-12(25)24-11-18(26)22-8-9-23-19(27)15-10-13(6-7-17(15)21)14-4-2-3-5-16(14)20;1-5(8)7-6(2,3)4/h2-7,10H,8-9,11H2,1H3,(H,22,26)(H,23,27)(H,24,25);1-4H3,(H,7,8). The Morgan fingerprint density at radius 3 is 1.97 bits per heavy atom. The summed E-state index contributed by atoms with van der Waals surface area (Å²) in [6.45, 7) is 8.68.